The highest BCUT2D eigenvalue weighted by Crippen LogP contribution is 2.43. The molecule has 16 heteroatoms. The van der Waals surface area contributed by atoms with Crippen LogP contribution in [0.15, 0.2) is 127 Å². The van der Waals surface area contributed by atoms with E-state index in [0.29, 0.717) is 22.5 Å². The van der Waals surface area contributed by atoms with Crippen molar-refractivity contribution >= 4 is 75.9 Å². The van der Waals surface area contributed by atoms with Gasteiger partial charge in [0.2, 0.25) is 0 Å². The fraction of sp³-hybridized carbons (Fsp3) is 0. The van der Waals surface area contributed by atoms with E-state index in [2.05, 4.69) is 20.5 Å². The average molecular weight is 685 g/mol. The number of nitrogens with zero attached hydrogens (tertiary/aromatic N) is 4. The molecule has 0 aliphatic heterocycles. The first kappa shape index (κ1) is 32.0. The predicted octanol–water partition coefficient (Wildman–Crippen LogP) is 7.56. The van der Waals surface area contributed by atoms with Crippen molar-refractivity contribution in [2.24, 2.45) is 20.5 Å². The number of aromatic hydroxyl groups is 2. The van der Waals surface area contributed by atoms with Gasteiger partial charge in [-0.2, -0.15) is 27.1 Å². The summed E-state index contributed by atoms with van der Waals surface area (Å²) < 4.78 is 68.3. The number of nitrogen functional groups attached to an aromatic ring is 2. The normalized spacial score (nSPS) is 12.5. The van der Waals surface area contributed by atoms with Gasteiger partial charge in [0.15, 0.2) is 11.5 Å². The van der Waals surface area contributed by atoms with Gasteiger partial charge in [-0.05, 0) is 94.7 Å². The Morgan fingerprint density at radius 1 is 0.500 bits per heavy atom. The van der Waals surface area contributed by atoms with E-state index in [9.17, 15) is 36.2 Å². The van der Waals surface area contributed by atoms with E-state index >= 15 is 0 Å². The van der Waals surface area contributed by atoms with E-state index in [1.165, 1.54) is 36.4 Å². The van der Waals surface area contributed by atoms with Crippen LogP contribution in [0, 0.1) is 0 Å². The third kappa shape index (κ3) is 6.36. The molecular weight excluding hydrogens is 661 g/mol. The van der Waals surface area contributed by atoms with E-state index in [1.54, 1.807) is 48.5 Å². The molecule has 0 saturated carbocycles. The Morgan fingerprint density at radius 2 is 0.896 bits per heavy atom. The lowest BCUT2D eigenvalue weighted by atomic mass is 10.0. The van der Waals surface area contributed by atoms with E-state index < -0.39 is 52.9 Å². The topological polar surface area (TPSA) is 251 Å². The van der Waals surface area contributed by atoms with Crippen molar-refractivity contribution in [1.29, 1.82) is 0 Å². The number of hydrogen-bond acceptors (Lipinski definition) is 12. The Labute approximate surface area is 272 Å². The van der Waals surface area contributed by atoms with E-state index in [0.717, 1.165) is 12.1 Å². The third-order valence-electron chi connectivity index (χ3n) is 7.26. The van der Waals surface area contributed by atoms with Gasteiger partial charge >= 0.3 is 0 Å². The van der Waals surface area contributed by atoms with Crippen LogP contribution in [-0.4, -0.2) is 36.2 Å². The smallest absolute Gasteiger partial charge is 0.296 e. The molecule has 6 aromatic rings. The Balaban J connectivity index is 1.35. The highest BCUT2D eigenvalue weighted by Gasteiger charge is 2.23. The maximum atomic E-state index is 12.2. The third-order valence-corrected chi connectivity index (χ3v) is 9.00. The molecule has 6 aromatic carbocycles. The first-order chi connectivity index (χ1) is 22.7. The van der Waals surface area contributed by atoms with Crippen LogP contribution in [0.3, 0.4) is 0 Å². The van der Waals surface area contributed by atoms with Gasteiger partial charge in [0, 0.05) is 22.1 Å². The molecule has 0 aliphatic rings. The summed E-state index contributed by atoms with van der Waals surface area (Å²) in [5.41, 5.74) is 13.0. The molecule has 242 valence electrons. The summed E-state index contributed by atoms with van der Waals surface area (Å²) in [6.07, 6.45) is 0. The van der Waals surface area contributed by atoms with Gasteiger partial charge in [-0.15, -0.1) is 10.2 Å². The zero-order chi connectivity index (χ0) is 34.4. The van der Waals surface area contributed by atoms with Crippen molar-refractivity contribution in [3.8, 4) is 22.6 Å². The summed E-state index contributed by atoms with van der Waals surface area (Å²) in [5.74, 6) is -1.03. The molecule has 0 atom stereocenters. The number of phenols is 2. The highest BCUT2D eigenvalue weighted by atomic mass is 32.2. The molecule has 6 rings (SSSR count). The van der Waals surface area contributed by atoms with Crippen LogP contribution in [0.25, 0.3) is 32.7 Å². The summed E-state index contributed by atoms with van der Waals surface area (Å²) in [7, 11) is -9.63. The molecule has 8 N–H and O–H groups in total. The maximum Gasteiger partial charge on any atom is 0.296 e. The number of phenolic OH excluding ortho intramolecular Hbond substituents is 2. The molecule has 0 saturated heterocycles. The minimum absolute atomic E-state index is 0.246. The van der Waals surface area contributed by atoms with Gasteiger partial charge < -0.3 is 21.7 Å². The fourth-order valence-corrected chi connectivity index (χ4v) is 6.35. The molecule has 0 amide bonds. The number of fused-ring (bicyclic) bond motifs is 2. The van der Waals surface area contributed by atoms with Crippen molar-refractivity contribution in [1.82, 2.24) is 0 Å². The molecule has 0 unspecified atom stereocenters. The minimum Gasteiger partial charge on any atom is -0.505 e. The standard InChI is InChI=1S/C32H24N6O8S2/c33-21-7-9-25-19(11-21)15-27(47(41,42)43)29(31(25)39)37-35-23-5-1-3-17(13-23)18-4-2-6-24(14-18)36-38-30-28(48(44,45)46)16-20-12-22(34)8-10-26(20)32(30)40/h1-16,39-40H,33-34H2,(H,41,42,43)(H,44,45,46). The molecule has 0 radical (unpaired) electrons. The summed E-state index contributed by atoms with van der Waals surface area (Å²) in [4.78, 5) is -1.32. The van der Waals surface area contributed by atoms with Crippen molar-refractivity contribution in [3.05, 3.63) is 97.1 Å². The van der Waals surface area contributed by atoms with Crippen molar-refractivity contribution in [2.45, 2.75) is 9.79 Å². The van der Waals surface area contributed by atoms with Crippen LogP contribution in [0.4, 0.5) is 34.1 Å². The minimum atomic E-state index is -4.81. The highest BCUT2D eigenvalue weighted by molar-refractivity contribution is 7.86. The number of hydrogen-bond donors (Lipinski definition) is 6. The lowest BCUT2D eigenvalue weighted by Gasteiger charge is -2.09. The SMILES string of the molecule is Nc1ccc2c(O)c(N=Nc3cccc(-c4cccc(N=Nc5c(S(=O)(=O)O)cc6cc(N)ccc6c5O)c4)c3)c(S(=O)(=O)O)cc2c1. The number of azo groups is 2. The summed E-state index contributed by atoms with van der Waals surface area (Å²) in [6, 6.07) is 24.3. The Bertz CT molecular complexity index is 2390. The number of rotatable bonds is 7. The monoisotopic (exact) mass is 684 g/mol. The molecule has 0 bridgehead atoms. The van der Waals surface area contributed by atoms with Crippen molar-refractivity contribution < 1.29 is 36.2 Å². The summed E-state index contributed by atoms with van der Waals surface area (Å²) in [6.45, 7) is 0. The molecule has 0 aliphatic carbocycles. The van der Waals surface area contributed by atoms with Crippen LogP contribution in [0.2, 0.25) is 0 Å². The number of benzene rings is 6. The molecule has 14 nitrogen and oxygen atoms in total. The second kappa shape index (κ2) is 12.0. The maximum absolute atomic E-state index is 12.2. The largest absolute Gasteiger partial charge is 0.505 e. The predicted molar refractivity (Wildman–Crippen MR) is 180 cm³/mol. The van der Waals surface area contributed by atoms with E-state index in [-0.39, 0.29) is 32.9 Å². The molecule has 0 heterocycles. The Hall–Kier alpha value is -5.94. The Morgan fingerprint density at radius 3 is 1.27 bits per heavy atom. The van der Waals surface area contributed by atoms with Gasteiger partial charge in [0.25, 0.3) is 20.2 Å². The van der Waals surface area contributed by atoms with Gasteiger partial charge in [-0.3, -0.25) is 9.11 Å². The first-order valence-corrected chi connectivity index (χ1v) is 16.7. The van der Waals surface area contributed by atoms with Gasteiger partial charge in [0.1, 0.15) is 21.2 Å². The second-order valence-electron chi connectivity index (χ2n) is 10.6. The van der Waals surface area contributed by atoms with Crippen LogP contribution in [-0.2, 0) is 20.2 Å². The van der Waals surface area contributed by atoms with Crippen LogP contribution >= 0.6 is 0 Å². The Kier molecular flexibility index (Phi) is 8.01. The summed E-state index contributed by atoms with van der Waals surface area (Å²) in [5, 5.41) is 38.8. The molecule has 0 fully saturated rings. The number of nitrogens with two attached hydrogens (primary N) is 2. The molecule has 48 heavy (non-hydrogen) atoms. The first-order valence-electron chi connectivity index (χ1n) is 13.8. The fourth-order valence-electron chi connectivity index (χ4n) is 5.04. The quantitative estimate of drug-likeness (QED) is 0.0546. The summed E-state index contributed by atoms with van der Waals surface area (Å²) >= 11 is 0. The van der Waals surface area contributed by atoms with Gasteiger partial charge in [0.05, 0.1) is 11.4 Å². The van der Waals surface area contributed by atoms with E-state index in [4.69, 9.17) is 11.5 Å². The average Bonchev–Trinajstić information content (AvgIpc) is 3.03. The van der Waals surface area contributed by atoms with Crippen LogP contribution in [0.5, 0.6) is 11.5 Å². The van der Waals surface area contributed by atoms with Gasteiger partial charge in [-0.25, -0.2) is 0 Å². The van der Waals surface area contributed by atoms with Crippen molar-refractivity contribution in [3.63, 3.8) is 0 Å². The zero-order valence-electron chi connectivity index (χ0n) is 24.4. The number of anilines is 2. The molecule has 0 aromatic heterocycles. The zero-order valence-corrected chi connectivity index (χ0v) is 26.1. The lowest BCUT2D eigenvalue weighted by Crippen LogP contribution is -1.99. The molecular formula is C32H24N6O8S2. The van der Waals surface area contributed by atoms with E-state index in [1.807, 2.05) is 0 Å². The van der Waals surface area contributed by atoms with Crippen LogP contribution in [0.1, 0.15) is 0 Å². The van der Waals surface area contributed by atoms with Crippen LogP contribution < -0.4 is 11.5 Å². The lowest BCUT2D eigenvalue weighted by molar-refractivity contribution is 0.471. The van der Waals surface area contributed by atoms with Gasteiger partial charge in [-0.1, -0.05) is 24.3 Å². The van der Waals surface area contributed by atoms with Crippen molar-refractivity contribution in [2.75, 3.05) is 11.5 Å². The second-order valence-corrected chi connectivity index (χ2v) is 13.3. The molecule has 0 spiro atoms.